The molecule has 0 aromatic heterocycles. The van der Waals surface area contributed by atoms with Crippen LogP contribution in [-0.2, 0) is 28.0 Å². The molecule has 0 heterocycles. The fourth-order valence-electron chi connectivity index (χ4n) is 3.84. The summed E-state index contributed by atoms with van der Waals surface area (Å²) in [4.78, 5) is 16.9. The maximum Gasteiger partial charge on any atom is 0.306 e. The van der Waals surface area contributed by atoms with Gasteiger partial charge in [-0.1, -0.05) is 24.6 Å². The first-order chi connectivity index (χ1) is 15.2. The number of hydrogen-bond acceptors (Lipinski definition) is 5. The van der Waals surface area contributed by atoms with Crippen LogP contribution >= 0.6 is 0 Å². The molecule has 8 heteroatoms. The predicted octanol–water partition coefficient (Wildman–Crippen LogP) is 4.34. The summed E-state index contributed by atoms with van der Waals surface area (Å²) in [7, 11) is -3.75. The van der Waals surface area contributed by atoms with Gasteiger partial charge >= 0.3 is 10.1 Å². The summed E-state index contributed by atoms with van der Waals surface area (Å²) in [6, 6.07) is 11.5. The number of amides is 1. The van der Waals surface area contributed by atoms with Crippen LogP contribution in [0.15, 0.2) is 42.5 Å². The summed E-state index contributed by atoms with van der Waals surface area (Å²) in [6.07, 6.45) is 3.75. The summed E-state index contributed by atoms with van der Waals surface area (Å²) < 4.78 is 42.5. The van der Waals surface area contributed by atoms with E-state index in [1.54, 1.807) is 23.1 Å². The molecule has 6 nitrogen and oxygen atoms in total. The van der Waals surface area contributed by atoms with Crippen molar-refractivity contribution in [2.75, 3.05) is 24.2 Å². The molecule has 32 heavy (non-hydrogen) atoms. The Balaban J connectivity index is 1.93. The molecule has 0 spiro atoms. The molecule has 1 saturated carbocycles. The molecule has 1 aliphatic rings. The summed E-state index contributed by atoms with van der Waals surface area (Å²) in [6.45, 7) is 6.10. The Hall–Kier alpha value is -2.61. The second-order valence-corrected chi connectivity index (χ2v) is 9.78. The van der Waals surface area contributed by atoms with Crippen molar-refractivity contribution in [3.05, 3.63) is 59.4 Å². The maximum absolute atomic E-state index is 13.3. The van der Waals surface area contributed by atoms with Gasteiger partial charge in [-0.25, -0.2) is 4.39 Å². The summed E-state index contributed by atoms with van der Waals surface area (Å²) >= 11 is 0. The van der Waals surface area contributed by atoms with Gasteiger partial charge < -0.3 is 14.0 Å². The molecule has 0 saturated heterocycles. The second kappa shape index (κ2) is 10.3. The van der Waals surface area contributed by atoms with Crippen molar-refractivity contribution in [3.8, 4) is 5.75 Å². The van der Waals surface area contributed by atoms with E-state index in [4.69, 9.17) is 4.18 Å². The molecule has 0 radical (unpaired) electrons. The van der Waals surface area contributed by atoms with Crippen LogP contribution < -0.4 is 9.08 Å². The molecular formula is C24H31FN2O4S. The van der Waals surface area contributed by atoms with Gasteiger partial charge in [-0.15, -0.1) is 0 Å². The van der Waals surface area contributed by atoms with Gasteiger partial charge in [0.15, 0.2) is 0 Å². The molecule has 0 unspecified atom stereocenters. The minimum absolute atomic E-state index is 0.0235. The number of benzene rings is 2. The zero-order chi connectivity index (χ0) is 23.3. The van der Waals surface area contributed by atoms with E-state index in [1.165, 1.54) is 12.1 Å². The lowest BCUT2D eigenvalue weighted by Gasteiger charge is -2.32. The number of hydrogen-bond donors (Lipinski definition) is 0. The van der Waals surface area contributed by atoms with Gasteiger partial charge in [-0.2, -0.15) is 8.42 Å². The van der Waals surface area contributed by atoms with Gasteiger partial charge in [0.1, 0.15) is 11.6 Å². The van der Waals surface area contributed by atoms with Gasteiger partial charge in [0.2, 0.25) is 5.91 Å². The van der Waals surface area contributed by atoms with Gasteiger partial charge in [-0.05, 0) is 50.5 Å². The van der Waals surface area contributed by atoms with Crippen molar-refractivity contribution in [2.45, 2.75) is 46.2 Å². The summed E-state index contributed by atoms with van der Waals surface area (Å²) in [5.74, 6) is -0.104. The lowest BCUT2D eigenvalue weighted by molar-refractivity contribution is -0.139. The molecule has 0 aliphatic heterocycles. The van der Waals surface area contributed by atoms with Crippen LogP contribution in [0, 0.1) is 11.7 Å². The number of carbonyl (C=O) groups excluding carboxylic acids is 1. The topological polar surface area (TPSA) is 66.9 Å². The largest absolute Gasteiger partial charge is 0.382 e. The van der Waals surface area contributed by atoms with E-state index in [0.29, 0.717) is 12.1 Å². The molecule has 0 atom stereocenters. The van der Waals surface area contributed by atoms with E-state index in [0.717, 1.165) is 49.9 Å². The summed E-state index contributed by atoms with van der Waals surface area (Å²) in [5, 5.41) is 0. The average Bonchev–Trinajstić information content (AvgIpc) is 2.69. The number of nitrogens with zero attached hydrogens (tertiary/aromatic N) is 2. The molecular weight excluding hydrogens is 431 g/mol. The molecule has 0 bridgehead atoms. The van der Waals surface area contributed by atoms with E-state index in [2.05, 4.69) is 4.90 Å². The monoisotopic (exact) mass is 462 g/mol. The fourth-order valence-corrected chi connectivity index (χ4v) is 4.32. The number of carbonyl (C=O) groups is 1. The number of rotatable bonds is 10. The van der Waals surface area contributed by atoms with Crippen molar-refractivity contribution in [1.29, 1.82) is 0 Å². The van der Waals surface area contributed by atoms with Gasteiger partial charge in [-0.3, -0.25) is 4.79 Å². The smallest absolute Gasteiger partial charge is 0.306 e. The van der Waals surface area contributed by atoms with Crippen LogP contribution in [0.4, 0.5) is 10.1 Å². The SMILES string of the molecule is CCN(CC)c1ccc(CN(Cc2ccc(F)cc2)C(=O)C2CCC2)c(OS(C)(=O)=O)c1. The Morgan fingerprint density at radius 2 is 1.72 bits per heavy atom. The molecule has 174 valence electrons. The second-order valence-electron chi connectivity index (χ2n) is 8.20. The molecule has 2 aromatic rings. The van der Waals surface area contributed by atoms with Crippen molar-refractivity contribution >= 4 is 21.7 Å². The van der Waals surface area contributed by atoms with Crippen LogP contribution in [-0.4, -0.2) is 38.6 Å². The first kappa shape index (κ1) is 24.0. The third-order valence-electron chi connectivity index (χ3n) is 5.83. The minimum atomic E-state index is -3.75. The number of anilines is 1. The quantitative estimate of drug-likeness (QED) is 0.492. The lowest BCUT2D eigenvalue weighted by Crippen LogP contribution is -2.38. The number of halogens is 1. The standard InChI is InChI=1S/C24H31FN2O4S/c1-4-26(5-2)22-14-11-20(23(15-22)31-32(3,29)30)17-27(24(28)19-7-6-8-19)16-18-9-12-21(25)13-10-18/h9-15,19H,4-8,16-17H2,1-3H3. The molecule has 1 fully saturated rings. The summed E-state index contributed by atoms with van der Waals surface area (Å²) in [5.41, 5.74) is 2.28. The first-order valence-corrected chi connectivity index (χ1v) is 12.8. The van der Waals surface area contributed by atoms with Crippen molar-refractivity contribution < 1.29 is 21.8 Å². The Labute approximate surface area is 190 Å². The normalized spacial score (nSPS) is 14.0. The van der Waals surface area contributed by atoms with Crippen molar-refractivity contribution in [2.24, 2.45) is 5.92 Å². The van der Waals surface area contributed by atoms with E-state index in [9.17, 15) is 17.6 Å². The lowest BCUT2D eigenvalue weighted by atomic mass is 9.84. The Kier molecular flexibility index (Phi) is 7.77. The van der Waals surface area contributed by atoms with Gasteiger partial charge in [0.05, 0.1) is 6.26 Å². The zero-order valence-corrected chi connectivity index (χ0v) is 19.7. The van der Waals surface area contributed by atoms with Crippen molar-refractivity contribution in [3.63, 3.8) is 0 Å². The average molecular weight is 463 g/mol. The minimum Gasteiger partial charge on any atom is -0.382 e. The Morgan fingerprint density at radius 1 is 1.06 bits per heavy atom. The molecule has 3 rings (SSSR count). The van der Waals surface area contributed by atoms with Crippen molar-refractivity contribution in [1.82, 2.24) is 4.90 Å². The van der Waals surface area contributed by atoms with E-state index >= 15 is 0 Å². The van der Waals surface area contributed by atoms with Crippen LogP contribution in [0.5, 0.6) is 5.75 Å². The van der Waals surface area contributed by atoms with Gasteiger partial charge in [0, 0.05) is 49.4 Å². The zero-order valence-electron chi connectivity index (χ0n) is 18.9. The fraction of sp³-hybridized carbons (Fsp3) is 0.458. The molecule has 1 aliphatic carbocycles. The highest BCUT2D eigenvalue weighted by molar-refractivity contribution is 7.86. The third kappa shape index (κ3) is 6.22. The Bertz CT molecular complexity index is 1030. The Morgan fingerprint density at radius 3 is 2.25 bits per heavy atom. The third-order valence-corrected chi connectivity index (χ3v) is 6.32. The maximum atomic E-state index is 13.3. The van der Waals surface area contributed by atoms with Crippen LogP contribution in [0.1, 0.15) is 44.2 Å². The van der Waals surface area contributed by atoms with E-state index in [1.807, 2.05) is 26.0 Å². The molecule has 1 amide bonds. The van der Waals surface area contributed by atoms with Crippen LogP contribution in [0.2, 0.25) is 0 Å². The van der Waals surface area contributed by atoms with Crippen LogP contribution in [0.3, 0.4) is 0 Å². The highest BCUT2D eigenvalue weighted by Gasteiger charge is 2.30. The highest BCUT2D eigenvalue weighted by Crippen LogP contribution is 2.32. The van der Waals surface area contributed by atoms with E-state index < -0.39 is 10.1 Å². The molecule has 2 aromatic carbocycles. The van der Waals surface area contributed by atoms with Crippen LogP contribution in [0.25, 0.3) is 0 Å². The van der Waals surface area contributed by atoms with E-state index in [-0.39, 0.29) is 29.9 Å². The van der Waals surface area contributed by atoms with Gasteiger partial charge in [0.25, 0.3) is 0 Å². The predicted molar refractivity (Wildman–Crippen MR) is 123 cm³/mol. The highest BCUT2D eigenvalue weighted by atomic mass is 32.2. The first-order valence-electron chi connectivity index (χ1n) is 11.0. The molecule has 0 N–H and O–H groups in total.